The van der Waals surface area contributed by atoms with Gasteiger partial charge in [0.25, 0.3) is 5.69 Å². The summed E-state index contributed by atoms with van der Waals surface area (Å²) in [6.45, 7) is 0. The SMILES string of the molecule is COC(=O)C(C#N)=CSc1ccc([N+](=O)[O-])cn1. The number of thioether (sulfide) groups is 1. The molecule has 1 rings (SSSR count). The van der Waals surface area contributed by atoms with Crippen LogP contribution in [0.25, 0.3) is 0 Å². The number of pyridine rings is 1. The molecule has 1 aromatic heterocycles. The standard InChI is InChI=1S/C10H7N3O4S/c1-17-10(14)7(4-11)6-18-9-3-2-8(5-12-9)13(15)16/h2-3,5-6H,1H3. The number of hydrogen-bond acceptors (Lipinski definition) is 7. The fraction of sp³-hybridized carbons (Fsp3) is 0.100. The minimum atomic E-state index is -0.744. The quantitative estimate of drug-likeness (QED) is 0.203. The molecule has 0 spiro atoms. The Bertz CT molecular complexity index is 533. The normalized spacial score (nSPS) is 10.6. The van der Waals surface area contributed by atoms with E-state index in [0.29, 0.717) is 5.03 Å². The van der Waals surface area contributed by atoms with Gasteiger partial charge in [0.05, 0.1) is 12.0 Å². The summed E-state index contributed by atoms with van der Waals surface area (Å²) in [5.74, 6) is -0.744. The summed E-state index contributed by atoms with van der Waals surface area (Å²) in [6.07, 6.45) is 1.10. The van der Waals surface area contributed by atoms with Crippen LogP contribution in [0.2, 0.25) is 0 Å². The second-order valence-corrected chi connectivity index (χ2v) is 3.75. The molecule has 8 heteroatoms. The number of carbonyl (C=O) groups excluding carboxylic acids is 1. The summed E-state index contributed by atoms with van der Waals surface area (Å²) < 4.78 is 4.39. The summed E-state index contributed by atoms with van der Waals surface area (Å²) in [6, 6.07) is 4.39. The zero-order valence-electron chi connectivity index (χ0n) is 9.19. The Morgan fingerprint density at radius 1 is 1.67 bits per heavy atom. The molecule has 0 unspecified atom stereocenters. The van der Waals surface area contributed by atoms with Crippen LogP contribution >= 0.6 is 11.8 Å². The van der Waals surface area contributed by atoms with Crippen molar-refractivity contribution in [3.05, 3.63) is 39.4 Å². The van der Waals surface area contributed by atoms with Crippen LogP contribution in [0.5, 0.6) is 0 Å². The zero-order chi connectivity index (χ0) is 13.5. The number of methoxy groups -OCH3 is 1. The summed E-state index contributed by atoms with van der Waals surface area (Å²) in [7, 11) is 1.17. The lowest BCUT2D eigenvalue weighted by Gasteiger charge is -1.97. The molecule has 0 saturated carbocycles. The Labute approximate surface area is 106 Å². The molecule has 92 valence electrons. The van der Waals surface area contributed by atoms with Crippen molar-refractivity contribution in [2.45, 2.75) is 5.03 Å². The molecular formula is C10H7N3O4S. The van der Waals surface area contributed by atoms with Crippen molar-refractivity contribution in [3.63, 3.8) is 0 Å². The lowest BCUT2D eigenvalue weighted by Crippen LogP contribution is -2.02. The fourth-order valence-electron chi connectivity index (χ4n) is 0.900. The van der Waals surface area contributed by atoms with Gasteiger partial charge in [-0.3, -0.25) is 10.1 Å². The van der Waals surface area contributed by atoms with E-state index in [-0.39, 0.29) is 11.3 Å². The average molecular weight is 265 g/mol. The second-order valence-electron chi connectivity index (χ2n) is 2.86. The summed E-state index contributed by atoms with van der Waals surface area (Å²) in [5, 5.41) is 20.8. The topological polar surface area (TPSA) is 106 Å². The van der Waals surface area contributed by atoms with Gasteiger partial charge in [-0.15, -0.1) is 0 Å². The van der Waals surface area contributed by atoms with Gasteiger partial charge in [-0.25, -0.2) is 9.78 Å². The number of esters is 1. The molecule has 0 atom stereocenters. The highest BCUT2D eigenvalue weighted by atomic mass is 32.2. The summed E-state index contributed by atoms with van der Waals surface area (Å²) >= 11 is 0.998. The molecule has 0 aliphatic carbocycles. The van der Waals surface area contributed by atoms with Gasteiger partial charge >= 0.3 is 5.97 Å². The molecule has 1 aromatic rings. The van der Waals surface area contributed by atoms with E-state index >= 15 is 0 Å². The maximum Gasteiger partial charge on any atom is 0.349 e. The number of carbonyl (C=O) groups is 1. The van der Waals surface area contributed by atoms with Gasteiger partial charge < -0.3 is 4.74 Å². The molecule has 0 aliphatic heterocycles. The monoisotopic (exact) mass is 265 g/mol. The largest absolute Gasteiger partial charge is 0.465 e. The van der Waals surface area contributed by atoms with Gasteiger partial charge in [0.2, 0.25) is 0 Å². The third-order valence-electron chi connectivity index (χ3n) is 1.75. The van der Waals surface area contributed by atoms with Crippen LogP contribution in [0.15, 0.2) is 34.3 Å². The van der Waals surface area contributed by atoms with Crippen molar-refractivity contribution in [1.82, 2.24) is 4.98 Å². The highest BCUT2D eigenvalue weighted by Crippen LogP contribution is 2.20. The Hall–Kier alpha value is -2.40. The van der Waals surface area contributed by atoms with E-state index in [9.17, 15) is 14.9 Å². The lowest BCUT2D eigenvalue weighted by atomic mass is 10.3. The van der Waals surface area contributed by atoms with Gasteiger partial charge in [-0.2, -0.15) is 5.26 Å². The Kier molecular flexibility index (Phi) is 4.83. The van der Waals surface area contributed by atoms with Gasteiger partial charge in [-0.1, -0.05) is 11.8 Å². The Morgan fingerprint density at radius 3 is 2.83 bits per heavy atom. The summed E-state index contributed by atoms with van der Waals surface area (Å²) in [5.41, 5.74) is -0.292. The first-order valence-electron chi connectivity index (χ1n) is 4.54. The van der Waals surface area contributed by atoms with Crippen LogP contribution in [0.1, 0.15) is 0 Å². The van der Waals surface area contributed by atoms with Crippen LogP contribution in [-0.4, -0.2) is 23.0 Å². The summed E-state index contributed by atoms with van der Waals surface area (Å²) in [4.78, 5) is 24.7. The molecule has 7 nitrogen and oxygen atoms in total. The maximum absolute atomic E-state index is 11.1. The van der Waals surface area contributed by atoms with E-state index < -0.39 is 10.9 Å². The molecule has 0 radical (unpaired) electrons. The van der Waals surface area contributed by atoms with Crippen molar-refractivity contribution in [1.29, 1.82) is 5.26 Å². The van der Waals surface area contributed by atoms with Crippen LogP contribution < -0.4 is 0 Å². The minimum absolute atomic E-state index is 0.128. The highest BCUT2D eigenvalue weighted by Gasteiger charge is 2.09. The molecule has 18 heavy (non-hydrogen) atoms. The van der Waals surface area contributed by atoms with Gasteiger partial charge in [-0.05, 0) is 6.07 Å². The van der Waals surface area contributed by atoms with E-state index in [2.05, 4.69) is 9.72 Å². The van der Waals surface area contributed by atoms with Crippen molar-refractivity contribution < 1.29 is 14.5 Å². The molecule has 0 aromatic carbocycles. The van der Waals surface area contributed by atoms with Gasteiger partial charge in [0.1, 0.15) is 22.9 Å². The number of nitro groups is 1. The average Bonchev–Trinajstić information content (AvgIpc) is 2.39. The van der Waals surface area contributed by atoms with E-state index in [1.165, 1.54) is 24.7 Å². The molecule has 0 saturated heterocycles. The van der Waals surface area contributed by atoms with Crippen LogP contribution in [0, 0.1) is 21.4 Å². The molecular weight excluding hydrogens is 258 g/mol. The molecule has 0 fully saturated rings. The third-order valence-corrected chi connectivity index (χ3v) is 2.59. The molecule has 1 heterocycles. The number of aromatic nitrogens is 1. The van der Waals surface area contributed by atoms with Crippen LogP contribution in [-0.2, 0) is 9.53 Å². The Balaban J connectivity index is 2.80. The minimum Gasteiger partial charge on any atom is -0.465 e. The molecule has 0 amide bonds. The molecule has 0 N–H and O–H groups in total. The first-order chi connectivity index (χ1) is 8.58. The predicted octanol–water partition coefficient (Wildman–Crippen LogP) is 1.66. The van der Waals surface area contributed by atoms with Gasteiger partial charge in [0, 0.05) is 11.5 Å². The number of ether oxygens (including phenoxy) is 1. The number of nitriles is 1. The van der Waals surface area contributed by atoms with Gasteiger partial charge in [0.15, 0.2) is 0 Å². The van der Waals surface area contributed by atoms with Crippen LogP contribution in [0.4, 0.5) is 5.69 Å². The lowest BCUT2D eigenvalue weighted by molar-refractivity contribution is -0.385. The van der Waals surface area contributed by atoms with Crippen molar-refractivity contribution in [2.75, 3.05) is 7.11 Å². The third kappa shape index (κ3) is 3.57. The molecule has 0 bridgehead atoms. The Morgan fingerprint density at radius 2 is 2.39 bits per heavy atom. The van der Waals surface area contributed by atoms with Crippen LogP contribution in [0.3, 0.4) is 0 Å². The highest BCUT2D eigenvalue weighted by molar-refractivity contribution is 8.02. The number of rotatable bonds is 4. The first kappa shape index (κ1) is 13.7. The predicted molar refractivity (Wildman–Crippen MR) is 62.5 cm³/mol. The smallest absolute Gasteiger partial charge is 0.349 e. The first-order valence-corrected chi connectivity index (χ1v) is 5.42. The van der Waals surface area contributed by atoms with Crippen molar-refractivity contribution in [2.24, 2.45) is 0 Å². The van der Waals surface area contributed by atoms with E-state index in [4.69, 9.17) is 5.26 Å². The molecule has 0 aliphatic rings. The van der Waals surface area contributed by atoms with E-state index in [0.717, 1.165) is 18.0 Å². The van der Waals surface area contributed by atoms with E-state index in [1.807, 2.05) is 0 Å². The van der Waals surface area contributed by atoms with E-state index in [1.54, 1.807) is 6.07 Å². The fourth-order valence-corrected chi connectivity index (χ4v) is 1.55. The number of nitrogens with zero attached hydrogens (tertiary/aromatic N) is 3. The van der Waals surface area contributed by atoms with Crippen molar-refractivity contribution >= 4 is 23.4 Å². The zero-order valence-corrected chi connectivity index (χ0v) is 10.0. The van der Waals surface area contributed by atoms with Crippen molar-refractivity contribution in [3.8, 4) is 6.07 Å². The second kappa shape index (κ2) is 6.36. The maximum atomic E-state index is 11.1. The number of hydrogen-bond donors (Lipinski definition) is 0.